The van der Waals surface area contributed by atoms with Crippen LogP contribution in [-0.2, 0) is 10.0 Å². The predicted octanol–water partition coefficient (Wildman–Crippen LogP) is 4.81. The van der Waals surface area contributed by atoms with Gasteiger partial charge in [-0.2, -0.15) is 4.31 Å². The molecule has 2 aliphatic rings. The molecule has 4 aromatic rings. The summed E-state index contributed by atoms with van der Waals surface area (Å²) >= 11 is 1.81. The van der Waals surface area contributed by atoms with Crippen LogP contribution in [0.5, 0.6) is 0 Å². The molecule has 0 bridgehead atoms. The summed E-state index contributed by atoms with van der Waals surface area (Å²) in [5.41, 5.74) is 2.07. The molecule has 0 amide bonds. The molecule has 0 spiro atoms. The van der Waals surface area contributed by atoms with Crippen molar-refractivity contribution in [2.24, 2.45) is 0 Å². The molecule has 0 aliphatic carbocycles. The van der Waals surface area contributed by atoms with Crippen molar-refractivity contribution in [3.8, 4) is 0 Å². The largest absolute Gasteiger partial charge is 0.368 e. The minimum atomic E-state index is -3.59. The average molecular weight is 507 g/mol. The summed E-state index contributed by atoms with van der Waals surface area (Å²) < 4.78 is 30.0. The van der Waals surface area contributed by atoms with Crippen molar-refractivity contribution in [3.05, 3.63) is 66.0 Å². The average Bonchev–Trinajstić information content (AvgIpc) is 3.55. The van der Waals surface area contributed by atoms with Gasteiger partial charge in [0, 0.05) is 59.6 Å². The fourth-order valence-electron chi connectivity index (χ4n) is 5.48. The first-order chi connectivity index (χ1) is 17.1. The zero-order valence-electron chi connectivity index (χ0n) is 19.7. The highest BCUT2D eigenvalue weighted by molar-refractivity contribution is 7.89. The number of hydrogen-bond acceptors (Lipinski definition) is 6. The summed E-state index contributed by atoms with van der Waals surface area (Å²) in [6, 6.07) is 19.8. The van der Waals surface area contributed by atoms with Gasteiger partial charge in [0.05, 0.1) is 11.2 Å². The SMILES string of the molecule is O=S(=O)(c1ccc2ccccc2n1)N1CCCC1CCN1CCN(c2csc3ccccc23)CC1. The van der Waals surface area contributed by atoms with Crippen LogP contribution in [-0.4, -0.2) is 67.9 Å². The van der Waals surface area contributed by atoms with Crippen molar-refractivity contribution in [3.63, 3.8) is 0 Å². The second-order valence-electron chi connectivity index (χ2n) is 9.49. The van der Waals surface area contributed by atoms with E-state index >= 15 is 0 Å². The Bertz CT molecular complexity index is 1440. The highest BCUT2D eigenvalue weighted by Gasteiger charge is 2.36. The Morgan fingerprint density at radius 2 is 1.71 bits per heavy atom. The number of pyridine rings is 1. The number of piperazine rings is 1. The van der Waals surface area contributed by atoms with Gasteiger partial charge >= 0.3 is 0 Å². The van der Waals surface area contributed by atoms with E-state index in [4.69, 9.17) is 0 Å². The van der Waals surface area contributed by atoms with Gasteiger partial charge in [-0.25, -0.2) is 13.4 Å². The van der Waals surface area contributed by atoms with E-state index < -0.39 is 10.0 Å². The Kier molecular flexibility index (Phi) is 6.22. The molecule has 0 radical (unpaired) electrons. The van der Waals surface area contributed by atoms with E-state index in [0.29, 0.717) is 6.54 Å². The van der Waals surface area contributed by atoms with E-state index in [9.17, 15) is 8.42 Å². The van der Waals surface area contributed by atoms with Crippen molar-refractivity contribution in [1.82, 2.24) is 14.2 Å². The lowest BCUT2D eigenvalue weighted by Gasteiger charge is -2.36. The quantitative estimate of drug-likeness (QED) is 0.376. The van der Waals surface area contributed by atoms with Gasteiger partial charge in [0.25, 0.3) is 10.0 Å². The van der Waals surface area contributed by atoms with Gasteiger partial charge in [-0.1, -0.05) is 36.4 Å². The Morgan fingerprint density at radius 3 is 2.60 bits per heavy atom. The van der Waals surface area contributed by atoms with Gasteiger partial charge in [-0.15, -0.1) is 11.3 Å². The maximum atomic E-state index is 13.5. The van der Waals surface area contributed by atoms with Crippen LogP contribution in [0.1, 0.15) is 19.3 Å². The molecule has 2 fully saturated rings. The molecule has 4 heterocycles. The monoisotopic (exact) mass is 506 g/mol. The molecule has 1 atom stereocenters. The van der Waals surface area contributed by atoms with Crippen LogP contribution in [0.25, 0.3) is 21.0 Å². The second-order valence-corrected chi connectivity index (χ2v) is 12.2. The minimum absolute atomic E-state index is 0.0483. The van der Waals surface area contributed by atoms with Gasteiger partial charge in [0.1, 0.15) is 0 Å². The predicted molar refractivity (Wildman–Crippen MR) is 144 cm³/mol. The van der Waals surface area contributed by atoms with Crippen molar-refractivity contribution in [2.75, 3.05) is 44.2 Å². The summed E-state index contributed by atoms with van der Waals surface area (Å²) in [6.07, 6.45) is 2.71. The minimum Gasteiger partial charge on any atom is -0.368 e. The molecule has 2 aromatic heterocycles. The van der Waals surface area contributed by atoms with Crippen LogP contribution in [0.2, 0.25) is 0 Å². The van der Waals surface area contributed by atoms with Crippen molar-refractivity contribution >= 4 is 48.0 Å². The van der Waals surface area contributed by atoms with Crippen molar-refractivity contribution in [1.29, 1.82) is 0 Å². The Labute approximate surface area is 210 Å². The fraction of sp³-hybridized carbons (Fsp3) is 0.370. The van der Waals surface area contributed by atoms with Crippen LogP contribution < -0.4 is 4.90 Å². The highest BCUT2D eigenvalue weighted by Crippen LogP contribution is 2.33. The van der Waals surface area contributed by atoms with Crippen LogP contribution >= 0.6 is 11.3 Å². The van der Waals surface area contributed by atoms with E-state index in [0.717, 1.165) is 62.9 Å². The molecule has 182 valence electrons. The van der Waals surface area contributed by atoms with Crippen LogP contribution in [0.3, 0.4) is 0 Å². The Balaban J connectivity index is 1.09. The number of sulfonamides is 1. The summed E-state index contributed by atoms with van der Waals surface area (Å²) in [4.78, 5) is 9.47. The number of aromatic nitrogens is 1. The maximum Gasteiger partial charge on any atom is 0.260 e. The van der Waals surface area contributed by atoms with E-state index in [2.05, 4.69) is 44.4 Å². The lowest BCUT2D eigenvalue weighted by Crippen LogP contribution is -2.47. The van der Waals surface area contributed by atoms with Crippen LogP contribution in [0.15, 0.2) is 71.1 Å². The fourth-order valence-corrected chi connectivity index (χ4v) is 8.12. The van der Waals surface area contributed by atoms with Crippen LogP contribution in [0.4, 0.5) is 5.69 Å². The number of hydrogen-bond donors (Lipinski definition) is 0. The number of fused-ring (bicyclic) bond motifs is 2. The van der Waals surface area contributed by atoms with Gasteiger partial charge in [-0.05, 0) is 50.1 Å². The lowest BCUT2D eigenvalue weighted by atomic mass is 10.1. The number of thiophene rings is 1. The van der Waals surface area contributed by atoms with E-state index in [1.165, 1.54) is 15.8 Å². The number of nitrogens with zero attached hydrogens (tertiary/aromatic N) is 4. The first-order valence-corrected chi connectivity index (χ1v) is 14.7. The summed E-state index contributed by atoms with van der Waals surface area (Å²) in [7, 11) is -3.59. The molecule has 6 nitrogen and oxygen atoms in total. The summed E-state index contributed by atoms with van der Waals surface area (Å²) in [5.74, 6) is 0. The second kappa shape index (κ2) is 9.50. The third kappa shape index (κ3) is 4.44. The first kappa shape index (κ1) is 22.9. The zero-order chi connectivity index (χ0) is 23.8. The molecule has 2 aromatic carbocycles. The summed E-state index contributed by atoms with van der Waals surface area (Å²) in [5, 5.41) is 4.75. The molecule has 1 unspecified atom stereocenters. The standard InChI is InChI=1S/C27H30N4O2S2/c32-35(33,27-12-11-21-6-1-3-9-24(21)28-27)31-14-5-7-22(31)13-15-29-16-18-30(19-17-29)25-20-34-26-10-4-2-8-23(25)26/h1-4,6,8-12,20,22H,5,7,13-19H2. The topological polar surface area (TPSA) is 56.8 Å². The molecular formula is C27H30N4O2S2. The Morgan fingerprint density at radius 1 is 0.914 bits per heavy atom. The third-order valence-corrected chi connectivity index (χ3v) is 10.2. The third-order valence-electron chi connectivity index (χ3n) is 7.42. The van der Waals surface area contributed by atoms with Crippen molar-refractivity contribution in [2.45, 2.75) is 30.3 Å². The van der Waals surface area contributed by atoms with E-state index in [-0.39, 0.29) is 11.1 Å². The molecule has 8 heteroatoms. The molecule has 35 heavy (non-hydrogen) atoms. The molecule has 0 saturated carbocycles. The normalized spacial score (nSPS) is 20.2. The molecule has 6 rings (SSSR count). The van der Waals surface area contributed by atoms with Crippen LogP contribution in [0, 0.1) is 0 Å². The number of benzene rings is 2. The summed E-state index contributed by atoms with van der Waals surface area (Å²) in [6.45, 7) is 5.55. The highest BCUT2D eigenvalue weighted by atomic mass is 32.2. The van der Waals surface area contributed by atoms with E-state index in [1.807, 2.05) is 41.7 Å². The van der Waals surface area contributed by atoms with E-state index in [1.54, 1.807) is 10.4 Å². The van der Waals surface area contributed by atoms with Crippen molar-refractivity contribution < 1.29 is 8.42 Å². The molecule has 0 N–H and O–H groups in total. The lowest BCUT2D eigenvalue weighted by molar-refractivity contribution is 0.232. The maximum absolute atomic E-state index is 13.5. The molecular weight excluding hydrogens is 476 g/mol. The van der Waals surface area contributed by atoms with Gasteiger partial charge in [-0.3, -0.25) is 4.90 Å². The Hall–Kier alpha value is -2.52. The molecule has 2 saturated heterocycles. The van der Waals surface area contributed by atoms with Gasteiger partial charge in [0.15, 0.2) is 5.03 Å². The number of rotatable bonds is 6. The number of para-hydroxylation sites is 1. The smallest absolute Gasteiger partial charge is 0.260 e. The number of anilines is 1. The first-order valence-electron chi connectivity index (χ1n) is 12.4. The van der Waals surface area contributed by atoms with Gasteiger partial charge < -0.3 is 4.90 Å². The molecule has 2 aliphatic heterocycles. The van der Waals surface area contributed by atoms with Gasteiger partial charge in [0.2, 0.25) is 0 Å². The zero-order valence-corrected chi connectivity index (χ0v) is 21.3.